The second-order valence-corrected chi connectivity index (χ2v) is 5.67. The number of aromatic nitrogens is 3. The summed E-state index contributed by atoms with van der Waals surface area (Å²) in [5, 5.41) is 17.2. The van der Waals surface area contributed by atoms with Gasteiger partial charge < -0.3 is 15.7 Å². The number of amides is 2. The number of pyridine rings is 1. The number of urea groups is 1. The Bertz CT molecular complexity index is 974. The lowest BCUT2D eigenvalue weighted by molar-refractivity contribution is -0.136. The van der Waals surface area contributed by atoms with Crippen LogP contribution in [0.25, 0.3) is 11.2 Å². The van der Waals surface area contributed by atoms with E-state index in [2.05, 4.69) is 30.9 Å². The van der Waals surface area contributed by atoms with Crippen LogP contribution >= 0.6 is 0 Å². The van der Waals surface area contributed by atoms with Gasteiger partial charge in [0.05, 0.1) is 12.6 Å². The predicted octanol–water partition coefficient (Wildman–Crippen LogP) is 2.54. The standard InChI is InChI=1S/C18H18N6O3/c1-2-19-18(27)24-14-8-7-13-17(22-14)23-15(10-20-13)21-12-5-3-11(4-6-12)9-16(25)26/h3-8,10H,2,9H2,1H3,(H,25,26)(H3,19,21,22,23,24,27). The van der Waals surface area contributed by atoms with Crippen LogP contribution < -0.4 is 16.0 Å². The Labute approximate surface area is 154 Å². The molecule has 0 bridgehead atoms. The van der Waals surface area contributed by atoms with Gasteiger partial charge in [-0.25, -0.2) is 19.7 Å². The number of carbonyl (C=O) groups is 2. The van der Waals surface area contributed by atoms with E-state index in [9.17, 15) is 9.59 Å². The van der Waals surface area contributed by atoms with Crippen molar-refractivity contribution in [3.05, 3.63) is 48.2 Å². The molecule has 27 heavy (non-hydrogen) atoms. The van der Waals surface area contributed by atoms with E-state index in [0.29, 0.717) is 34.9 Å². The summed E-state index contributed by atoms with van der Waals surface area (Å²) in [5.74, 6) is -0.0201. The number of nitrogens with one attached hydrogen (secondary N) is 3. The molecule has 0 unspecified atom stereocenters. The zero-order chi connectivity index (χ0) is 19.2. The molecule has 0 saturated carbocycles. The van der Waals surface area contributed by atoms with Gasteiger partial charge >= 0.3 is 12.0 Å². The van der Waals surface area contributed by atoms with Gasteiger partial charge in [-0.1, -0.05) is 12.1 Å². The summed E-state index contributed by atoms with van der Waals surface area (Å²) in [6, 6.07) is 10.0. The molecule has 3 rings (SSSR count). The van der Waals surface area contributed by atoms with Crippen molar-refractivity contribution >= 4 is 40.5 Å². The van der Waals surface area contributed by atoms with E-state index in [1.165, 1.54) is 0 Å². The molecule has 0 saturated heterocycles. The second kappa shape index (κ2) is 8.09. The molecule has 0 atom stereocenters. The monoisotopic (exact) mass is 366 g/mol. The molecule has 1 aromatic carbocycles. The third-order valence-corrected chi connectivity index (χ3v) is 3.57. The van der Waals surface area contributed by atoms with Gasteiger partial charge in [-0.05, 0) is 36.8 Å². The van der Waals surface area contributed by atoms with Crippen LogP contribution in [0.15, 0.2) is 42.6 Å². The number of fused-ring (bicyclic) bond motifs is 1. The number of carboxylic acids is 1. The second-order valence-electron chi connectivity index (χ2n) is 5.67. The molecule has 0 aliphatic carbocycles. The van der Waals surface area contributed by atoms with Crippen LogP contribution in [0.1, 0.15) is 12.5 Å². The lowest BCUT2D eigenvalue weighted by Gasteiger charge is -2.08. The molecule has 2 amide bonds. The van der Waals surface area contributed by atoms with Crippen LogP contribution in [0.2, 0.25) is 0 Å². The van der Waals surface area contributed by atoms with Gasteiger partial charge in [-0.15, -0.1) is 0 Å². The van der Waals surface area contributed by atoms with E-state index in [1.807, 2.05) is 6.92 Å². The highest BCUT2D eigenvalue weighted by molar-refractivity contribution is 5.89. The quantitative estimate of drug-likeness (QED) is 0.527. The Balaban J connectivity index is 1.76. The summed E-state index contributed by atoms with van der Waals surface area (Å²) >= 11 is 0. The van der Waals surface area contributed by atoms with E-state index < -0.39 is 5.97 Å². The summed E-state index contributed by atoms with van der Waals surface area (Å²) in [4.78, 5) is 35.3. The number of hydrogen-bond donors (Lipinski definition) is 4. The van der Waals surface area contributed by atoms with Crippen molar-refractivity contribution < 1.29 is 14.7 Å². The van der Waals surface area contributed by atoms with E-state index in [1.54, 1.807) is 42.6 Å². The van der Waals surface area contributed by atoms with Crippen LogP contribution in [-0.2, 0) is 11.2 Å². The molecule has 9 nitrogen and oxygen atoms in total. The van der Waals surface area contributed by atoms with E-state index in [0.717, 1.165) is 5.69 Å². The normalized spacial score (nSPS) is 10.4. The average molecular weight is 366 g/mol. The lowest BCUT2D eigenvalue weighted by Crippen LogP contribution is -2.28. The molecule has 0 fully saturated rings. The molecule has 2 heterocycles. The van der Waals surface area contributed by atoms with Gasteiger partial charge in [0.15, 0.2) is 11.5 Å². The first-order chi connectivity index (χ1) is 13.0. The topological polar surface area (TPSA) is 129 Å². The zero-order valence-electron chi connectivity index (χ0n) is 14.6. The molecule has 4 N–H and O–H groups in total. The number of rotatable bonds is 6. The minimum Gasteiger partial charge on any atom is -0.481 e. The Hall–Kier alpha value is -3.75. The first-order valence-electron chi connectivity index (χ1n) is 8.30. The number of carboxylic acid groups (broad SMARTS) is 1. The van der Waals surface area contributed by atoms with Crippen molar-refractivity contribution in [2.45, 2.75) is 13.3 Å². The molecule has 0 radical (unpaired) electrons. The van der Waals surface area contributed by atoms with Crippen molar-refractivity contribution in [3.8, 4) is 0 Å². The van der Waals surface area contributed by atoms with Gasteiger partial charge in [0.2, 0.25) is 0 Å². The number of benzene rings is 1. The molecule has 3 aromatic rings. The fourth-order valence-corrected chi connectivity index (χ4v) is 2.38. The number of hydrogen-bond acceptors (Lipinski definition) is 6. The Kier molecular flexibility index (Phi) is 5.41. The average Bonchev–Trinajstić information content (AvgIpc) is 2.63. The Morgan fingerprint density at radius 3 is 2.48 bits per heavy atom. The maximum Gasteiger partial charge on any atom is 0.320 e. The SMILES string of the molecule is CCNC(=O)Nc1ccc2ncc(Nc3ccc(CC(=O)O)cc3)nc2n1. The maximum absolute atomic E-state index is 11.6. The van der Waals surface area contributed by atoms with Crippen LogP contribution in [-0.4, -0.2) is 38.6 Å². The molecule has 0 spiro atoms. The Morgan fingerprint density at radius 2 is 1.78 bits per heavy atom. The van der Waals surface area contributed by atoms with Crippen LogP contribution in [0, 0.1) is 0 Å². The molecule has 9 heteroatoms. The van der Waals surface area contributed by atoms with Crippen LogP contribution in [0.3, 0.4) is 0 Å². The molecular weight excluding hydrogens is 348 g/mol. The Morgan fingerprint density at radius 1 is 1.04 bits per heavy atom. The van der Waals surface area contributed by atoms with Gasteiger partial charge in [0, 0.05) is 12.2 Å². The predicted molar refractivity (Wildman–Crippen MR) is 101 cm³/mol. The first-order valence-corrected chi connectivity index (χ1v) is 8.30. The summed E-state index contributed by atoms with van der Waals surface area (Å²) in [6.45, 7) is 2.34. The maximum atomic E-state index is 11.6. The lowest BCUT2D eigenvalue weighted by atomic mass is 10.1. The number of aliphatic carboxylic acids is 1. The largest absolute Gasteiger partial charge is 0.481 e. The highest BCUT2D eigenvalue weighted by Crippen LogP contribution is 2.18. The van der Waals surface area contributed by atoms with Crippen molar-refractivity contribution in [3.63, 3.8) is 0 Å². The minimum atomic E-state index is -0.876. The molecule has 2 aromatic heterocycles. The molecule has 0 aliphatic heterocycles. The van der Waals surface area contributed by atoms with Crippen molar-refractivity contribution in [1.29, 1.82) is 0 Å². The fraction of sp³-hybridized carbons (Fsp3) is 0.167. The number of nitrogens with zero attached hydrogens (tertiary/aromatic N) is 3. The summed E-state index contributed by atoms with van der Waals surface area (Å²) < 4.78 is 0. The van der Waals surface area contributed by atoms with Crippen molar-refractivity contribution in [1.82, 2.24) is 20.3 Å². The van der Waals surface area contributed by atoms with E-state index in [4.69, 9.17) is 5.11 Å². The summed E-state index contributed by atoms with van der Waals surface area (Å²) in [6.07, 6.45) is 1.55. The molecule has 138 valence electrons. The highest BCUT2D eigenvalue weighted by atomic mass is 16.4. The molecular formula is C18H18N6O3. The van der Waals surface area contributed by atoms with Gasteiger partial charge in [0.25, 0.3) is 0 Å². The number of anilines is 3. The fourth-order valence-electron chi connectivity index (χ4n) is 2.38. The van der Waals surface area contributed by atoms with E-state index >= 15 is 0 Å². The van der Waals surface area contributed by atoms with Crippen molar-refractivity contribution in [2.75, 3.05) is 17.2 Å². The zero-order valence-corrected chi connectivity index (χ0v) is 14.6. The van der Waals surface area contributed by atoms with Gasteiger partial charge in [-0.2, -0.15) is 0 Å². The van der Waals surface area contributed by atoms with Gasteiger partial charge in [-0.3, -0.25) is 10.1 Å². The molecule has 0 aliphatic rings. The first kappa shape index (κ1) is 18.1. The smallest absolute Gasteiger partial charge is 0.320 e. The van der Waals surface area contributed by atoms with Gasteiger partial charge in [0.1, 0.15) is 11.3 Å². The third kappa shape index (κ3) is 4.88. The third-order valence-electron chi connectivity index (χ3n) is 3.57. The minimum absolute atomic E-state index is 0.0264. The summed E-state index contributed by atoms with van der Waals surface area (Å²) in [7, 11) is 0. The van der Waals surface area contributed by atoms with Crippen LogP contribution in [0.4, 0.5) is 22.1 Å². The van der Waals surface area contributed by atoms with E-state index in [-0.39, 0.29) is 12.5 Å². The number of carbonyl (C=O) groups excluding carboxylic acids is 1. The summed E-state index contributed by atoms with van der Waals surface area (Å²) in [5.41, 5.74) is 2.44. The highest BCUT2D eigenvalue weighted by Gasteiger charge is 2.06. The van der Waals surface area contributed by atoms with Crippen LogP contribution in [0.5, 0.6) is 0 Å². The van der Waals surface area contributed by atoms with Crippen molar-refractivity contribution in [2.24, 2.45) is 0 Å².